The molecule has 0 atom stereocenters. The van der Waals surface area contributed by atoms with Crippen molar-refractivity contribution in [2.75, 3.05) is 26.2 Å². The monoisotopic (exact) mass is 436 g/mol. The Bertz CT molecular complexity index is 846. The molecule has 26 heavy (non-hydrogen) atoms. The highest BCUT2D eigenvalue weighted by molar-refractivity contribution is 9.10. The third-order valence-electron chi connectivity index (χ3n) is 4.51. The molecule has 0 N–H and O–H groups in total. The fraction of sp³-hybridized carbons (Fsp3) is 0.316. The van der Waals surface area contributed by atoms with E-state index in [1.54, 1.807) is 29.2 Å². The molecule has 0 spiro atoms. The molecule has 1 aliphatic rings. The molecular weight excluding hydrogens is 416 g/mol. The van der Waals surface area contributed by atoms with Crippen molar-refractivity contribution in [3.63, 3.8) is 0 Å². The molecule has 3 rings (SSSR count). The van der Waals surface area contributed by atoms with E-state index in [-0.39, 0.29) is 10.8 Å². The minimum absolute atomic E-state index is 0.0783. The van der Waals surface area contributed by atoms with Gasteiger partial charge in [-0.3, -0.25) is 4.79 Å². The quantitative estimate of drug-likeness (QED) is 0.723. The molecule has 2 aromatic carbocycles. The van der Waals surface area contributed by atoms with Gasteiger partial charge in [0.15, 0.2) is 0 Å². The van der Waals surface area contributed by atoms with Gasteiger partial charge in [-0.1, -0.05) is 46.3 Å². The number of piperazine rings is 1. The topological polar surface area (TPSA) is 57.7 Å². The molecule has 2 aromatic rings. The predicted octanol–water partition coefficient (Wildman–Crippen LogP) is 2.91. The molecule has 0 aromatic heterocycles. The number of carbonyl (C=O) groups is 1. The fourth-order valence-electron chi connectivity index (χ4n) is 2.99. The third kappa shape index (κ3) is 4.52. The van der Waals surface area contributed by atoms with Crippen molar-refractivity contribution in [3.8, 4) is 0 Å². The second kappa shape index (κ2) is 8.33. The van der Waals surface area contributed by atoms with Gasteiger partial charge in [-0.15, -0.1) is 0 Å². The van der Waals surface area contributed by atoms with Gasteiger partial charge in [-0.05, 0) is 36.2 Å². The lowest BCUT2D eigenvalue weighted by molar-refractivity contribution is -0.132. The fourth-order valence-corrected chi connectivity index (χ4v) is 4.67. The van der Waals surface area contributed by atoms with Crippen LogP contribution >= 0.6 is 15.9 Å². The lowest BCUT2D eigenvalue weighted by Crippen LogP contribution is -2.50. The van der Waals surface area contributed by atoms with Crippen LogP contribution in [0.25, 0.3) is 0 Å². The minimum Gasteiger partial charge on any atom is -0.340 e. The smallest absolute Gasteiger partial charge is 0.243 e. The van der Waals surface area contributed by atoms with Gasteiger partial charge in [0.2, 0.25) is 15.9 Å². The van der Waals surface area contributed by atoms with Crippen LogP contribution in [0.2, 0.25) is 0 Å². The number of nitrogens with zero attached hydrogens (tertiary/aromatic N) is 2. The molecule has 7 heteroatoms. The standard InChI is InChI=1S/C19H21BrN2O3S/c20-17-7-9-18(10-8-17)26(24,25)22-14-12-21(13-15-22)19(23)11-6-16-4-2-1-3-5-16/h1-5,7-10H,6,11-15H2. The molecule has 1 saturated heterocycles. The first-order valence-corrected chi connectivity index (χ1v) is 10.8. The van der Waals surface area contributed by atoms with Gasteiger partial charge >= 0.3 is 0 Å². The average molecular weight is 437 g/mol. The number of aryl methyl sites for hydroxylation is 1. The average Bonchev–Trinajstić information content (AvgIpc) is 2.67. The highest BCUT2D eigenvalue weighted by Gasteiger charge is 2.29. The Morgan fingerprint density at radius 3 is 2.15 bits per heavy atom. The largest absolute Gasteiger partial charge is 0.340 e. The number of halogens is 1. The Morgan fingerprint density at radius 2 is 1.54 bits per heavy atom. The second-order valence-corrected chi connectivity index (χ2v) is 9.08. The highest BCUT2D eigenvalue weighted by Crippen LogP contribution is 2.20. The Hall–Kier alpha value is -1.70. The minimum atomic E-state index is -3.51. The Labute approximate surface area is 162 Å². The van der Waals surface area contributed by atoms with Crippen LogP contribution in [-0.4, -0.2) is 49.7 Å². The molecule has 0 radical (unpaired) electrons. The molecule has 0 saturated carbocycles. The van der Waals surface area contributed by atoms with E-state index in [1.807, 2.05) is 30.3 Å². The van der Waals surface area contributed by atoms with Crippen LogP contribution in [-0.2, 0) is 21.2 Å². The summed E-state index contributed by atoms with van der Waals surface area (Å²) in [5.41, 5.74) is 1.14. The molecule has 5 nitrogen and oxygen atoms in total. The van der Waals surface area contributed by atoms with Crippen molar-refractivity contribution in [2.24, 2.45) is 0 Å². The Balaban J connectivity index is 1.55. The lowest BCUT2D eigenvalue weighted by Gasteiger charge is -2.34. The van der Waals surface area contributed by atoms with Gasteiger partial charge in [-0.2, -0.15) is 4.31 Å². The van der Waals surface area contributed by atoms with E-state index in [9.17, 15) is 13.2 Å². The zero-order chi connectivity index (χ0) is 18.6. The van der Waals surface area contributed by atoms with E-state index in [0.717, 1.165) is 10.0 Å². The van der Waals surface area contributed by atoms with Crippen LogP contribution in [0.1, 0.15) is 12.0 Å². The number of sulfonamides is 1. The maximum absolute atomic E-state index is 12.7. The summed E-state index contributed by atoms with van der Waals surface area (Å²) >= 11 is 3.31. The molecule has 1 aliphatic heterocycles. The number of hydrogen-bond acceptors (Lipinski definition) is 3. The third-order valence-corrected chi connectivity index (χ3v) is 6.95. The van der Waals surface area contributed by atoms with E-state index in [4.69, 9.17) is 0 Å². The van der Waals surface area contributed by atoms with Crippen molar-refractivity contribution in [3.05, 3.63) is 64.6 Å². The summed E-state index contributed by atoms with van der Waals surface area (Å²) in [5.74, 6) is 0.0783. The molecule has 0 bridgehead atoms. The first-order chi connectivity index (χ1) is 12.5. The van der Waals surface area contributed by atoms with Crippen LogP contribution in [0, 0.1) is 0 Å². The molecule has 1 amide bonds. The SMILES string of the molecule is O=C(CCc1ccccc1)N1CCN(S(=O)(=O)c2ccc(Br)cc2)CC1. The van der Waals surface area contributed by atoms with E-state index < -0.39 is 10.0 Å². The Kier molecular flexibility index (Phi) is 6.11. The molecule has 0 aliphatic carbocycles. The summed E-state index contributed by atoms with van der Waals surface area (Å²) in [6.07, 6.45) is 1.15. The summed E-state index contributed by atoms with van der Waals surface area (Å²) in [7, 11) is -3.51. The normalized spacial score (nSPS) is 15.8. The van der Waals surface area contributed by atoms with E-state index in [2.05, 4.69) is 15.9 Å². The molecule has 138 valence electrons. The summed E-state index contributed by atoms with van der Waals surface area (Å²) < 4.78 is 27.7. The van der Waals surface area contributed by atoms with Crippen molar-refractivity contribution in [1.29, 1.82) is 0 Å². The van der Waals surface area contributed by atoms with Crippen molar-refractivity contribution in [1.82, 2.24) is 9.21 Å². The van der Waals surface area contributed by atoms with E-state index >= 15 is 0 Å². The van der Waals surface area contributed by atoms with Crippen LogP contribution in [0.5, 0.6) is 0 Å². The summed E-state index contributed by atoms with van der Waals surface area (Å²) in [4.78, 5) is 14.4. The first-order valence-electron chi connectivity index (χ1n) is 8.54. The summed E-state index contributed by atoms with van der Waals surface area (Å²) in [6.45, 7) is 1.53. The molecule has 1 fully saturated rings. The van der Waals surface area contributed by atoms with Gasteiger partial charge in [0.1, 0.15) is 0 Å². The summed E-state index contributed by atoms with van der Waals surface area (Å²) in [5, 5.41) is 0. The number of amides is 1. The van der Waals surface area contributed by atoms with Crippen molar-refractivity contribution in [2.45, 2.75) is 17.7 Å². The van der Waals surface area contributed by atoms with E-state index in [1.165, 1.54) is 4.31 Å². The van der Waals surface area contributed by atoms with Gasteiger partial charge in [0, 0.05) is 37.1 Å². The number of benzene rings is 2. The van der Waals surface area contributed by atoms with Gasteiger partial charge in [0.05, 0.1) is 4.90 Å². The van der Waals surface area contributed by atoms with Crippen LogP contribution in [0.15, 0.2) is 64.0 Å². The zero-order valence-electron chi connectivity index (χ0n) is 14.3. The maximum atomic E-state index is 12.7. The molecule has 1 heterocycles. The maximum Gasteiger partial charge on any atom is 0.243 e. The number of hydrogen-bond donors (Lipinski definition) is 0. The number of carbonyl (C=O) groups excluding carboxylic acids is 1. The van der Waals surface area contributed by atoms with Crippen molar-refractivity contribution >= 4 is 31.9 Å². The lowest BCUT2D eigenvalue weighted by atomic mass is 10.1. The van der Waals surface area contributed by atoms with E-state index in [0.29, 0.717) is 39.0 Å². The van der Waals surface area contributed by atoms with Crippen LogP contribution < -0.4 is 0 Å². The molecule has 0 unspecified atom stereocenters. The van der Waals surface area contributed by atoms with Gasteiger partial charge in [-0.25, -0.2) is 8.42 Å². The second-order valence-electron chi connectivity index (χ2n) is 6.22. The Morgan fingerprint density at radius 1 is 0.923 bits per heavy atom. The van der Waals surface area contributed by atoms with Crippen LogP contribution in [0.4, 0.5) is 0 Å². The summed E-state index contributed by atoms with van der Waals surface area (Å²) in [6, 6.07) is 16.5. The first kappa shape index (κ1) is 19.1. The van der Waals surface area contributed by atoms with Crippen molar-refractivity contribution < 1.29 is 13.2 Å². The zero-order valence-corrected chi connectivity index (χ0v) is 16.7. The highest BCUT2D eigenvalue weighted by atomic mass is 79.9. The van der Waals surface area contributed by atoms with Gasteiger partial charge < -0.3 is 4.90 Å². The van der Waals surface area contributed by atoms with Gasteiger partial charge in [0.25, 0.3) is 0 Å². The number of rotatable bonds is 5. The molecular formula is C19H21BrN2O3S. The predicted molar refractivity (Wildman–Crippen MR) is 104 cm³/mol. The van der Waals surface area contributed by atoms with Crippen LogP contribution in [0.3, 0.4) is 0 Å².